The van der Waals surface area contributed by atoms with Crippen molar-refractivity contribution in [1.82, 2.24) is 0 Å². The molecule has 1 aliphatic rings. The molecular weight excluding hydrogens is 276 g/mol. The lowest BCUT2D eigenvalue weighted by Crippen LogP contribution is -2.37. The van der Waals surface area contributed by atoms with Gasteiger partial charge in [-0.2, -0.15) is 0 Å². The van der Waals surface area contributed by atoms with Gasteiger partial charge in [0.2, 0.25) is 0 Å². The molecule has 0 aliphatic carbocycles. The summed E-state index contributed by atoms with van der Waals surface area (Å²) in [6.45, 7) is 1.89. The van der Waals surface area contributed by atoms with Crippen molar-refractivity contribution in [2.45, 2.75) is 6.42 Å². The zero-order chi connectivity index (χ0) is 11.7. The Balaban J connectivity index is 2.46. The van der Waals surface area contributed by atoms with Gasteiger partial charge in [-0.1, -0.05) is 0 Å². The Morgan fingerprint density at radius 1 is 1.50 bits per heavy atom. The summed E-state index contributed by atoms with van der Waals surface area (Å²) in [5.41, 5.74) is 0.867. The summed E-state index contributed by atoms with van der Waals surface area (Å²) in [4.78, 5) is 12.5. The highest BCUT2D eigenvalue weighted by Crippen LogP contribution is 2.39. The molecule has 0 N–H and O–H groups in total. The van der Waals surface area contributed by atoms with Crippen LogP contribution in [0.4, 0.5) is 11.4 Å². The fourth-order valence-electron chi connectivity index (χ4n) is 1.64. The van der Waals surface area contributed by atoms with Gasteiger partial charge >= 0.3 is 5.69 Å². The second-order valence-corrected chi connectivity index (χ2v) is 4.43. The number of halogens is 1. The van der Waals surface area contributed by atoms with Crippen LogP contribution in [0.15, 0.2) is 16.6 Å². The van der Waals surface area contributed by atoms with Crippen LogP contribution in [0.5, 0.6) is 5.75 Å². The van der Waals surface area contributed by atoms with E-state index >= 15 is 0 Å². The Kier molecular flexibility index (Phi) is 3.00. The van der Waals surface area contributed by atoms with E-state index in [9.17, 15) is 10.1 Å². The average molecular weight is 287 g/mol. The number of rotatable bonds is 3. The van der Waals surface area contributed by atoms with Gasteiger partial charge in [0, 0.05) is 29.7 Å². The van der Waals surface area contributed by atoms with E-state index in [1.165, 1.54) is 7.11 Å². The number of nitro benzene ring substituents is 1. The minimum absolute atomic E-state index is 0.00704. The number of hydrogen-bond donors (Lipinski definition) is 0. The van der Waals surface area contributed by atoms with E-state index in [0.717, 1.165) is 29.7 Å². The molecule has 0 bridgehead atoms. The third-order valence-electron chi connectivity index (χ3n) is 2.64. The van der Waals surface area contributed by atoms with Gasteiger partial charge in [0.05, 0.1) is 17.7 Å². The second kappa shape index (κ2) is 4.29. The first-order valence-corrected chi connectivity index (χ1v) is 5.69. The van der Waals surface area contributed by atoms with Gasteiger partial charge in [-0.05, 0) is 22.4 Å². The lowest BCUT2D eigenvalue weighted by atomic mass is 10.1. The molecule has 0 amide bonds. The van der Waals surface area contributed by atoms with E-state index in [1.54, 1.807) is 12.1 Å². The van der Waals surface area contributed by atoms with Crippen LogP contribution in [0.3, 0.4) is 0 Å². The SMILES string of the molecule is COc1cc(Br)c(N2CCC2)cc1[N+](=O)[O-]. The smallest absolute Gasteiger partial charge is 0.313 e. The number of benzene rings is 1. The maximum absolute atomic E-state index is 10.9. The van der Waals surface area contributed by atoms with E-state index in [1.807, 2.05) is 0 Å². The van der Waals surface area contributed by atoms with Crippen LogP contribution in [0, 0.1) is 10.1 Å². The summed E-state index contributed by atoms with van der Waals surface area (Å²) in [5, 5.41) is 10.9. The summed E-state index contributed by atoms with van der Waals surface area (Å²) in [6, 6.07) is 3.20. The molecule has 0 spiro atoms. The maximum Gasteiger partial charge on any atom is 0.313 e. The Morgan fingerprint density at radius 3 is 2.62 bits per heavy atom. The predicted octanol–water partition coefficient (Wildman–Crippen LogP) is 2.58. The molecule has 1 fully saturated rings. The van der Waals surface area contributed by atoms with E-state index in [-0.39, 0.29) is 11.4 Å². The van der Waals surface area contributed by atoms with Crippen LogP contribution < -0.4 is 9.64 Å². The summed E-state index contributed by atoms with van der Waals surface area (Å²) >= 11 is 3.40. The molecule has 1 aromatic carbocycles. The van der Waals surface area contributed by atoms with Crippen molar-refractivity contribution in [1.29, 1.82) is 0 Å². The van der Waals surface area contributed by atoms with Gasteiger partial charge < -0.3 is 9.64 Å². The van der Waals surface area contributed by atoms with Crippen LogP contribution in [0.25, 0.3) is 0 Å². The maximum atomic E-state index is 10.9. The number of methoxy groups -OCH3 is 1. The van der Waals surface area contributed by atoms with Crippen molar-refractivity contribution < 1.29 is 9.66 Å². The number of ether oxygens (including phenoxy) is 1. The predicted molar refractivity (Wildman–Crippen MR) is 64.2 cm³/mol. The first-order valence-electron chi connectivity index (χ1n) is 4.90. The first-order chi connectivity index (χ1) is 7.63. The summed E-state index contributed by atoms with van der Waals surface area (Å²) in [6.07, 6.45) is 1.13. The lowest BCUT2D eigenvalue weighted by Gasteiger charge is -2.33. The molecule has 6 heteroatoms. The Hall–Kier alpha value is -1.30. The number of nitrogens with zero attached hydrogens (tertiary/aromatic N) is 2. The summed E-state index contributed by atoms with van der Waals surface area (Å²) < 4.78 is 5.81. The molecule has 1 saturated heterocycles. The van der Waals surface area contributed by atoms with Gasteiger partial charge in [0.15, 0.2) is 5.75 Å². The molecule has 1 aliphatic heterocycles. The highest BCUT2D eigenvalue weighted by molar-refractivity contribution is 9.10. The zero-order valence-electron chi connectivity index (χ0n) is 8.77. The van der Waals surface area contributed by atoms with Crippen molar-refractivity contribution in [2.24, 2.45) is 0 Å². The molecule has 16 heavy (non-hydrogen) atoms. The average Bonchev–Trinajstić information content (AvgIpc) is 2.17. The molecule has 1 heterocycles. The third kappa shape index (κ3) is 1.84. The minimum atomic E-state index is -0.422. The molecule has 0 atom stereocenters. The first kappa shape index (κ1) is 11.2. The van der Waals surface area contributed by atoms with E-state index in [2.05, 4.69) is 20.8 Å². The second-order valence-electron chi connectivity index (χ2n) is 3.57. The van der Waals surface area contributed by atoms with Crippen molar-refractivity contribution in [3.8, 4) is 5.75 Å². The van der Waals surface area contributed by atoms with Gasteiger partial charge in [-0.25, -0.2) is 0 Å². The van der Waals surface area contributed by atoms with Gasteiger partial charge in [-0.3, -0.25) is 10.1 Å². The molecule has 1 aromatic rings. The van der Waals surface area contributed by atoms with Gasteiger partial charge in [0.1, 0.15) is 0 Å². The normalized spacial score (nSPS) is 14.5. The van der Waals surface area contributed by atoms with Gasteiger partial charge in [-0.15, -0.1) is 0 Å². The van der Waals surface area contributed by atoms with Crippen LogP contribution in [-0.2, 0) is 0 Å². The van der Waals surface area contributed by atoms with Crippen molar-refractivity contribution in [2.75, 3.05) is 25.1 Å². The molecule has 0 unspecified atom stereocenters. The van der Waals surface area contributed by atoms with Crippen molar-refractivity contribution >= 4 is 27.3 Å². The molecule has 5 nitrogen and oxygen atoms in total. The van der Waals surface area contributed by atoms with E-state index in [4.69, 9.17) is 4.74 Å². The topological polar surface area (TPSA) is 55.6 Å². The Morgan fingerprint density at radius 2 is 2.19 bits per heavy atom. The number of nitro groups is 1. The minimum Gasteiger partial charge on any atom is -0.490 e. The summed E-state index contributed by atoms with van der Waals surface area (Å²) in [7, 11) is 1.43. The number of anilines is 1. The van der Waals surface area contributed by atoms with Crippen LogP contribution in [-0.4, -0.2) is 25.1 Å². The van der Waals surface area contributed by atoms with Crippen LogP contribution >= 0.6 is 15.9 Å². The van der Waals surface area contributed by atoms with E-state index < -0.39 is 4.92 Å². The molecular formula is C10H11BrN2O3. The standard InChI is InChI=1S/C10H11BrN2O3/c1-16-10-5-7(11)8(12-3-2-4-12)6-9(10)13(14)15/h5-6H,2-4H2,1H3. The molecule has 2 rings (SSSR count). The van der Waals surface area contributed by atoms with Crippen molar-refractivity contribution in [3.63, 3.8) is 0 Å². The molecule has 86 valence electrons. The monoisotopic (exact) mass is 286 g/mol. The quantitative estimate of drug-likeness (QED) is 0.633. The lowest BCUT2D eigenvalue weighted by molar-refractivity contribution is -0.385. The summed E-state index contributed by atoms with van der Waals surface area (Å²) in [5.74, 6) is 0.279. The Bertz CT molecular complexity index is 432. The fourth-order valence-corrected chi connectivity index (χ4v) is 2.21. The third-order valence-corrected chi connectivity index (χ3v) is 3.28. The zero-order valence-corrected chi connectivity index (χ0v) is 10.4. The van der Waals surface area contributed by atoms with Crippen molar-refractivity contribution in [3.05, 3.63) is 26.7 Å². The molecule has 0 aromatic heterocycles. The molecule has 0 saturated carbocycles. The fraction of sp³-hybridized carbons (Fsp3) is 0.400. The highest BCUT2D eigenvalue weighted by atomic mass is 79.9. The number of hydrogen-bond acceptors (Lipinski definition) is 4. The van der Waals surface area contributed by atoms with Crippen LogP contribution in [0.2, 0.25) is 0 Å². The van der Waals surface area contributed by atoms with E-state index in [0.29, 0.717) is 0 Å². The molecule has 0 radical (unpaired) electrons. The van der Waals surface area contributed by atoms with Gasteiger partial charge in [0.25, 0.3) is 0 Å². The highest BCUT2D eigenvalue weighted by Gasteiger charge is 2.23. The van der Waals surface area contributed by atoms with Crippen LogP contribution in [0.1, 0.15) is 6.42 Å². The largest absolute Gasteiger partial charge is 0.490 e. The Labute approximate surface area is 101 Å².